The second-order valence-corrected chi connectivity index (χ2v) is 7.70. The Morgan fingerprint density at radius 2 is 2.00 bits per heavy atom. The molecule has 2 unspecified atom stereocenters. The fraction of sp³-hybridized carbons (Fsp3) is 0.632. The number of nitrogens with one attached hydrogen (secondary N) is 1. The molecule has 5 nitrogen and oxygen atoms in total. The highest BCUT2D eigenvalue weighted by atomic mass is 19.1. The number of fused-ring (bicyclic) bond motifs is 1. The van der Waals surface area contributed by atoms with Crippen LogP contribution in [0.4, 0.5) is 4.39 Å². The first-order chi connectivity index (χ1) is 12.5. The SMILES string of the molecule is O=C(O)C1c2cc(CNC3CCCC3)c(F)cc2CC1CCCB(O)O. The first-order valence-electron chi connectivity index (χ1n) is 9.59. The molecular formula is C19H27BFNO4. The molecule has 7 heteroatoms. The minimum Gasteiger partial charge on any atom is -0.481 e. The third kappa shape index (κ3) is 4.45. The predicted molar refractivity (Wildman–Crippen MR) is 97.3 cm³/mol. The number of hydrogen-bond acceptors (Lipinski definition) is 4. The Morgan fingerprint density at radius 3 is 2.65 bits per heavy atom. The molecular weight excluding hydrogens is 336 g/mol. The van der Waals surface area contributed by atoms with Gasteiger partial charge >= 0.3 is 13.1 Å². The molecule has 142 valence electrons. The molecule has 0 spiro atoms. The summed E-state index contributed by atoms with van der Waals surface area (Å²) in [5, 5.41) is 31.0. The number of rotatable bonds is 8. The minimum atomic E-state index is -1.37. The van der Waals surface area contributed by atoms with Gasteiger partial charge in [0.1, 0.15) is 5.82 Å². The smallest absolute Gasteiger partial charge is 0.451 e. The largest absolute Gasteiger partial charge is 0.481 e. The van der Waals surface area contributed by atoms with Gasteiger partial charge in [-0.05, 0) is 55.1 Å². The van der Waals surface area contributed by atoms with Gasteiger partial charge in [-0.3, -0.25) is 4.79 Å². The van der Waals surface area contributed by atoms with E-state index < -0.39 is 19.0 Å². The van der Waals surface area contributed by atoms with Gasteiger partial charge in [-0.1, -0.05) is 25.3 Å². The first-order valence-corrected chi connectivity index (χ1v) is 9.59. The van der Waals surface area contributed by atoms with E-state index in [1.165, 1.54) is 18.9 Å². The van der Waals surface area contributed by atoms with E-state index >= 15 is 0 Å². The van der Waals surface area contributed by atoms with Gasteiger partial charge in [0.25, 0.3) is 0 Å². The third-order valence-electron chi connectivity index (χ3n) is 5.84. The van der Waals surface area contributed by atoms with E-state index in [4.69, 9.17) is 10.0 Å². The summed E-state index contributed by atoms with van der Waals surface area (Å²) in [5.74, 6) is -1.94. The summed E-state index contributed by atoms with van der Waals surface area (Å²) in [6.45, 7) is 0.428. The van der Waals surface area contributed by atoms with Crippen molar-refractivity contribution >= 4 is 13.1 Å². The Morgan fingerprint density at radius 1 is 1.27 bits per heavy atom. The van der Waals surface area contributed by atoms with Crippen molar-refractivity contribution < 1.29 is 24.3 Å². The zero-order valence-electron chi connectivity index (χ0n) is 15.0. The average molecular weight is 363 g/mol. The lowest BCUT2D eigenvalue weighted by atomic mass is 9.80. The maximum absolute atomic E-state index is 14.5. The van der Waals surface area contributed by atoms with Crippen LogP contribution in [0.25, 0.3) is 0 Å². The van der Waals surface area contributed by atoms with E-state index in [0.29, 0.717) is 37.4 Å². The summed E-state index contributed by atoms with van der Waals surface area (Å²) >= 11 is 0. The molecule has 0 radical (unpaired) electrons. The Bertz CT molecular complexity index is 649. The summed E-state index contributed by atoms with van der Waals surface area (Å²) in [7, 11) is -1.37. The monoisotopic (exact) mass is 363 g/mol. The molecule has 0 aliphatic heterocycles. The normalized spacial score (nSPS) is 22.6. The number of hydrogen-bond donors (Lipinski definition) is 4. The van der Waals surface area contributed by atoms with Gasteiger partial charge < -0.3 is 20.5 Å². The maximum Gasteiger partial charge on any atom is 0.451 e. The van der Waals surface area contributed by atoms with E-state index in [1.54, 1.807) is 6.07 Å². The number of halogens is 1. The molecule has 0 bridgehead atoms. The Labute approximate surface area is 153 Å². The van der Waals surface area contributed by atoms with Gasteiger partial charge in [0.2, 0.25) is 0 Å². The predicted octanol–water partition coefficient (Wildman–Crippen LogP) is 2.45. The van der Waals surface area contributed by atoms with E-state index in [-0.39, 0.29) is 18.1 Å². The van der Waals surface area contributed by atoms with Gasteiger partial charge in [-0.25, -0.2) is 4.39 Å². The molecule has 3 rings (SSSR count). The van der Waals surface area contributed by atoms with Gasteiger partial charge in [0.15, 0.2) is 0 Å². The minimum absolute atomic E-state index is 0.126. The number of aliphatic carboxylic acids is 1. The number of carbonyl (C=O) groups is 1. The van der Waals surface area contributed by atoms with E-state index in [0.717, 1.165) is 24.0 Å². The summed E-state index contributed by atoms with van der Waals surface area (Å²) in [6, 6.07) is 3.65. The van der Waals surface area contributed by atoms with Crippen molar-refractivity contribution in [2.24, 2.45) is 5.92 Å². The zero-order chi connectivity index (χ0) is 18.7. The lowest BCUT2D eigenvalue weighted by Gasteiger charge is -2.17. The van der Waals surface area contributed by atoms with Crippen molar-refractivity contribution in [2.75, 3.05) is 0 Å². The standard InChI is InChI=1S/C19H27BFNO4/c21-17-10-13-8-12(4-3-7-20(25)26)18(19(23)24)16(13)9-14(17)11-22-15-5-1-2-6-15/h9-10,12,15,18,22,25-26H,1-8,11H2,(H,23,24). The lowest BCUT2D eigenvalue weighted by Crippen LogP contribution is -2.26. The van der Waals surface area contributed by atoms with Crippen molar-refractivity contribution in [1.29, 1.82) is 0 Å². The van der Waals surface area contributed by atoms with Crippen LogP contribution in [0.1, 0.15) is 61.1 Å². The number of carboxylic acids is 1. The second-order valence-electron chi connectivity index (χ2n) is 7.70. The quantitative estimate of drug-likeness (QED) is 0.533. The zero-order valence-corrected chi connectivity index (χ0v) is 15.0. The molecule has 2 atom stereocenters. The molecule has 0 heterocycles. The molecule has 1 aromatic carbocycles. The highest BCUT2D eigenvalue weighted by Gasteiger charge is 2.38. The summed E-state index contributed by atoms with van der Waals surface area (Å²) < 4.78 is 14.5. The van der Waals surface area contributed by atoms with Gasteiger partial charge in [-0.15, -0.1) is 0 Å². The van der Waals surface area contributed by atoms with Crippen molar-refractivity contribution in [3.8, 4) is 0 Å². The second kappa shape index (κ2) is 8.50. The average Bonchev–Trinajstić information content (AvgIpc) is 3.19. The summed E-state index contributed by atoms with van der Waals surface area (Å²) in [6.07, 6.45) is 6.52. The van der Waals surface area contributed by atoms with Crippen LogP contribution in [0.5, 0.6) is 0 Å². The maximum atomic E-state index is 14.5. The van der Waals surface area contributed by atoms with Crippen LogP contribution in [0.3, 0.4) is 0 Å². The Balaban J connectivity index is 1.72. The molecule has 1 saturated carbocycles. The Kier molecular flexibility index (Phi) is 6.32. The molecule has 1 fully saturated rings. The highest BCUT2D eigenvalue weighted by Crippen LogP contribution is 2.42. The molecule has 0 amide bonds. The lowest BCUT2D eigenvalue weighted by molar-refractivity contribution is -0.139. The molecule has 0 aromatic heterocycles. The van der Waals surface area contributed by atoms with Crippen LogP contribution in [0, 0.1) is 11.7 Å². The highest BCUT2D eigenvalue weighted by molar-refractivity contribution is 6.40. The third-order valence-corrected chi connectivity index (χ3v) is 5.84. The van der Waals surface area contributed by atoms with Gasteiger partial charge in [0, 0.05) is 18.2 Å². The van der Waals surface area contributed by atoms with Gasteiger partial charge in [-0.2, -0.15) is 0 Å². The first kappa shape index (κ1) is 19.3. The molecule has 0 saturated heterocycles. The molecule has 2 aliphatic rings. The fourth-order valence-electron chi connectivity index (χ4n) is 4.48. The molecule has 4 N–H and O–H groups in total. The van der Waals surface area contributed by atoms with Crippen LogP contribution in [0.2, 0.25) is 6.32 Å². The Hall–Kier alpha value is -1.44. The van der Waals surface area contributed by atoms with Gasteiger partial charge in [0.05, 0.1) is 5.92 Å². The van der Waals surface area contributed by atoms with Crippen LogP contribution >= 0.6 is 0 Å². The fourth-order valence-corrected chi connectivity index (χ4v) is 4.48. The van der Waals surface area contributed by atoms with Crippen molar-refractivity contribution in [2.45, 2.75) is 69.8 Å². The number of carboxylic acid groups (broad SMARTS) is 1. The van der Waals surface area contributed by atoms with Crippen molar-refractivity contribution in [1.82, 2.24) is 5.32 Å². The van der Waals surface area contributed by atoms with Crippen LogP contribution in [0.15, 0.2) is 12.1 Å². The van der Waals surface area contributed by atoms with E-state index in [2.05, 4.69) is 5.32 Å². The van der Waals surface area contributed by atoms with Crippen molar-refractivity contribution in [3.05, 3.63) is 34.6 Å². The topological polar surface area (TPSA) is 89.8 Å². The van der Waals surface area contributed by atoms with Crippen molar-refractivity contribution in [3.63, 3.8) is 0 Å². The summed E-state index contributed by atoms with van der Waals surface area (Å²) in [5.41, 5.74) is 2.03. The van der Waals surface area contributed by atoms with E-state index in [9.17, 15) is 14.3 Å². The van der Waals surface area contributed by atoms with Crippen LogP contribution in [-0.2, 0) is 17.8 Å². The van der Waals surface area contributed by atoms with E-state index in [1.807, 2.05) is 0 Å². The molecule has 26 heavy (non-hydrogen) atoms. The molecule has 2 aliphatic carbocycles. The summed E-state index contributed by atoms with van der Waals surface area (Å²) in [4.78, 5) is 11.8. The number of benzene rings is 1. The molecule has 1 aromatic rings. The van der Waals surface area contributed by atoms with Crippen LogP contribution < -0.4 is 5.32 Å². The van der Waals surface area contributed by atoms with Crippen LogP contribution in [-0.4, -0.2) is 34.3 Å².